The fourth-order valence-electron chi connectivity index (χ4n) is 22.3. The van der Waals surface area contributed by atoms with Crippen molar-refractivity contribution in [2.24, 2.45) is 0 Å². The van der Waals surface area contributed by atoms with E-state index in [9.17, 15) is 10.0 Å². The number of hydrogen-bond donors (Lipinski definition) is 2. The van der Waals surface area contributed by atoms with E-state index in [1.165, 1.54) is 139 Å². The SMILES string of the molecule is Clc1cccc2c1C1(c3ccccc3-c3ccccc31)c1ccccc1C21c2ccccc2-c2ccccc21.OB(O)c1ccc(-c2nc(-c3ccccc3)nc(-c3ccccc3)n2)cc1.c1ccc(-c2nc(-c3ccccc3)nc(-c3ccc(-c4cccc5c4C4(c6ccccc6-c6ccccc64)c4ccccc4C54c5ccccc5-c5ccccc54)cc3)n2)cc1. The molecule has 18 aromatic carbocycles. The summed E-state index contributed by atoms with van der Waals surface area (Å²) in [4.78, 5) is 29.0. The molecule has 0 bridgehead atoms. The van der Waals surface area contributed by atoms with E-state index in [0.29, 0.717) is 40.4 Å². The van der Waals surface area contributed by atoms with Crippen molar-refractivity contribution in [3.8, 4) is 124 Å². The van der Waals surface area contributed by atoms with E-state index < -0.39 is 28.8 Å². The highest BCUT2D eigenvalue weighted by atomic mass is 35.5. The number of hydrogen-bond acceptors (Lipinski definition) is 8. The first kappa shape index (κ1) is 76.0. The molecule has 2 N–H and O–H groups in total. The van der Waals surface area contributed by atoms with Crippen LogP contribution in [-0.4, -0.2) is 47.1 Å². The fourth-order valence-corrected chi connectivity index (χ4v) is 22.6. The van der Waals surface area contributed by atoms with Crippen LogP contribution < -0.4 is 5.46 Å². The summed E-state index contributed by atoms with van der Waals surface area (Å²) in [6.45, 7) is 0. The van der Waals surface area contributed by atoms with Gasteiger partial charge in [0.1, 0.15) is 0 Å². The largest absolute Gasteiger partial charge is 0.488 e. The van der Waals surface area contributed by atoms with Crippen molar-refractivity contribution >= 4 is 24.2 Å². The lowest BCUT2D eigenvalue weighted by Crippen LogP contribution is -2.44. The van der Waals surface area contributed by atoms with Gasteiger partial charge in [0.05, 0.1) is 21.7 Å². The van der Waals surface area contributed by atoms with Crippen LogP contribution in [-0.2, 0) is 21.7 Å². The van der Waals surface area contributed by atoms with Gasteiger partial charge < -0.3 is 10.0 Å². The molecule has 26 rings (SSSR count). The molecule has 0 saturated heterocycles. The van der Waals surface area contributed by atoms with E-state index >= 15 is 0 Å². The molecule has 0 aliphatic heterocycles. The highest BCUT2D eigenvalue weighted by Crippen LogP contribution is 2.71. The quantitative estimate of drug-likeness (QED) is 0.145. The molecule has 6 aliphatic carbocycles. The third kappa shape index (κ3) is 11.2. The molecule has 8 nitrogen and oxygen atoms in total. The molecule has 0 unspecified atom stereocenters. The Hall–Kier alpha value is -15.7. The number of aromatic nitrogens is 6. The fraction of sp³-hybridized carbons (Fsp3) is 0.0339. The molecular formula is C118H76BClN6O2. The standard InChI is InChI=1S/C59H37N3.C38H23Cl.C21H16BN3O2/c1-3-18-39(19-4-1)55-60-56(40-20-5-2-6-21-40)62-57(61-55)41-36-34-38(35-37-41)42-26-17-33-53-54(42)59(49-29-13-9-24-45(49)46-25-10-14-30-50(46)59)52-32-16-15-31-51(52)58(53)47-27-11-7-22-43(47)44-23-8-12-28-48(44)58;39-35-23-11-22-34-36(35)38(30-18-7-3-14-26(30)27-15-4-8-19-31(27)38)33-21-10-9-20-32(33)37(34)28-16-5-1-12-24(28)25-13-2-6-17-29(25)37;26-22(27)18-13-11-17(12-14-18)21-24-19(15-7-3-1-4-8-15)23-20(25-21)16-9-5-2-6-10-16/h1-37H;1-23H;1-14,26-27H. The lowest BCUT2D eigenvalue weighted by molar-refractivity contribution is 0.426. The second-order valence-corrected chi connectivity index (χ2v) is 33.9. The maximum absolute atomic E-state index is 9.29. The molecule has 0 atom stereocenters. The van der Waals surface area contributed by atoms with Gasteiger partial charge in [-0.2, -0.15) is 0 Å². The number of nitrogens with zero attached hydrogens (tertiary/aromatic N) is 6. The molecule has 4 spiro atoms. The van der Waals surface area contributed by atoms with Crippen molar-refractivity contribution in [3.05, 3.63) is 543 Å². The predicted molar refractivity (Wildman–Crippen MR) is 515 cm³/mol. The van der Waals surface area contributed by atoms with Crippen molar-refractivity contribution in [3.63, 3.8) is 0 Å². The van der Waals surface area contributed by atoms with Gasteiger partial charge in [-0.3, -0.25) is 0 Å². The number of fused-ring (bicyclic) bond motifs is 32. The Morgan fingerprint density at radius 3 is 0.648 bits per heavy atom. The average molecular weight is 1660 g/mol. The van der Waals surface area contributed by atoms with Crippen LogP contribution in [0.15, 0.2) is 449 Å². The van der Waals surface area contributed by atoms with Crippen LogP contribution in [0.25, 0.3) is 124 Å². The Morgan fingerprint density at radius 1 is 0.164 bits per heavy atom. The van der Waals surface area contributed by atoms with Crippen molar-refractivity contribution in [1.29, 1.82) is 0 Å². The third-order valence-corrected chi connectivity index (χ3v) is 27.6. The summed E-state index contributed by atoms with van der Waals surface area (Å²) in [5.41, 5.74) is 37.5. The summed E-state index contributed by atoms with van der Waals surface area (Å²) in [5.74, 6) is 3.65. The first-order chi connectivity index (χ1) is 63.2. The molecule has 0 radical (unpaired) electrons. The van der Waals surface area contributed by atoms with Crippen LogP contribution in [0.5, 0.6) is 0 Å². The maximum Gasteiger partial charge on any atom is 0.488 e. The van der Waals surface area contributed by atoms with Crippen LogP contribution >= 0.6 is 11.6 Å². The van der Waals surface area contributed by atoms with Gasteiger partial charge in [-0.15, -0.1) is 0 Å². The Bertz CT molecular complexity index is 7520. The Labute approximate surface area is 747 Å². The van der Waals surface area contributed by atoms with Crippen LogP contribution in [0.1, 0.15) is 89.0 Å². The Kier molecular flexibility index (Phi) is 18.0. The van der Waals surface area contributed by atoms with E-state index in [2.05, 4.69) is 343 Å². The number of halogens is 1. The minimum atomic E-state index is -1.50. The lowest BCUT2D eigenvalue weighted by Gasteiger charge is -2.49. The van der Waals surface area contributed by atoms with E-state index in [1.807, 2.05) is 97.1 Å². The van der Waals surface area contributed by atoms with Crippen LogP contribution in [0.4, 0.5) is 0 Å². The van der Waals surface area contributed by atoms with Crippen LogP contribution in [0, 0.1) is 0 Å². The monoisotopic (exact) mass is 1650 g/mol. The van der Waals surface area contributed by atoms with Gasteiger partial charge in [0.15, 0.2) is 34.9 Å². The zero-order chi connectivity index (χ0) is 85.2. The molecule has 0 fully saturated rings. The summed E-state index contributed by atoms with van der Waals surface area (Å²) in [6, 6.07) is 160. The zero-order valence-electron chi connectivity index (χ0n) is 69.3. The topological polar surface area (TPSA) is 118 Å². The smallest absolute Gasteiger partial charge is 0.423 e. The molecule has 0 amide bonds. The molecule has 600 valence electrons. The Balaban J connectivity index is 0.000000118. The summed E-state index contributed by atoms with van der Waals surface area (Å²) >= 11 is 7.43. The minimum Gasteiger partial charge on any atom is -0.423 e. The van der Waals surface area contributed by atoms with Gasteiger partial charge in [-0.05, 0) is 156 Å². The van der Waals surface area contributed by atoms with Crippen LogP contribution in [0.2, 0.25) is 5.02 Å². The molecule has 20 aromatic rings. The second kappa shape index (κ2) is 30.3. The highest BCUT2D eigenvalue weighted by Gasteiger charge is 2.62. The van der Waals surface area contributed by atoms with E-state index in [-0.39, 0.29) is 0 Å². The normalized spacial score (nSPS) is 13.8. The summed E-state index contributed by atoms with van der Waals surface area (Å²) in [6.07, 6.45) is 0. The van der Waals surface area contributed by atoms with Crippen LogP contribution in [0.3, 0.4) is 0 Å². The van der Waals surface area contributed by atoms with Crippen molar-refractivity contribution in [2.45, 2.75) is 21.7 Å². The van der Waals surface area contributed by atoms with Gasteiger partial charge in [-0.1, -0.05) is 454 Å². The highest BCUT2D eigenvalue weighted by molar-refractivity contribution is 6.58. The minimum absolute atomic E-state index is 0.416. The maximum atomic E-state index is 9.29. The summed E-state index contributed by atoms with van der Waals surface area (Å²) < 4.78 is 0. The van der Waals surface area contributed by atoms with Gasteiger partial charge in [0.25, 0.3) is 0 Å². The van der Waals surface area contributed by atoms with Crippen molar-refractivity contribution in [2.75, 3.05) is 0 Å². The summed E-state index contributed by atoms with van der Waals surface area (Å²) in [7, 11) is -1.50. The molecule has 2 heterocycles. The van der Waals surface area contributed by atoms with Gasteiger partial charge in [-0.25, -0.2) is 29.9 Å². The first-order valence-corrected chi connectivity index (χ1v) is 43.9. The third-order valence-electron chi connectivity index (χ3n) is 27.2. The first-order valence-electron chi connectivity index (χ1n) is 43.5. The summed E-state index contributed by atoms with van der Waals surface area (Å²) in [5, 5.41) is 19.4. The van der Waals surface area contributed by atoms with Gasteiger partial charge >= 0.3 is 7.12 Å². The number of benzene rings is 18. The molecule has 10 heteroatoms. The molecule has 128 heavy (non-hydrogen) atoms. The predicted octanol–water partition coefficient (Wildman–Crippen LogP) is 25.5. The lowest BCUT2D eigenvalue weighted by atomic mass is 9.51. The Morgan fingerprint density at radius 2 is 0.359 bits per heavy atom. The molecule has 2 aromatic heterocycles. The van der Waals surface area contributed by atoms with Crippen molar-refractivity contribution < 1.29 is 10.0 Å². The zero-order valence-corrected chi connectivity index (χ0v) is 70.0. The average Bonchev–Trinajstić information content (AvgIpc) is 1.47. The number of rotatable bonds is 8. The van der Waals surface area contributed by atoms with E-state index in [4.69, 9.17) is 26.6 Å². The van der Waals surface area contributed by atoms with Gasteiger partial charge in [0, 0.05) is 38.4 Å². The second-order valence-electron chi connectivity index (χ2n) is 33.5. The molecular weight excluding hydrogens is 1580 g/mol. The van der Waals surface area contributed by atoms with E-state index in [0.717, 1.165) is 44.0 Å². The molecule has 6 aliphatic rings. The molecule has 0 saturated carbocycles. The van der Waals surface area contributed by atoms with Crippen molar-refractivity contribution in [1.82, 2.24) is 29.9 Å². The van der Waals surface area contributed by atoms with Gasteiger partial charge in [0.2, 0.25) is 0 Å². The van der Waals surface area contributed by atoms with E-state index in [1.54, 1.807) is 24.3 Å².